The van der Waals surface area contributed by atoms with Crippen molar-refractivity contribution in [1.29, 1.82) is 0 Å². The number of hydrogen-bond donors (Lipinski definition) is 1. The Morgan fingerprint density at radius 3 is 2.53 bits per heavy atom. The summed E-state index contributed by atoms with van der Waals surface area (Å²) >= 11 is 6.25. The molecular formula is C14H16ClN3O. The van der Waals surface area contributed by atoms with Crippen LogP contribution in [-0.2, 0) is 0 Å². The van der Waals surface area contributed by atoms with E-state index in [1.807, 2.05) is 18.2 Å². The van der Waals surface area contributed by atoms with Gasteiger partial charge in [0, 0.05) is 11.3 Å². The molecule has 5 heteroatoms. The highest BCUT2D eigenvalue weighted by Gasteiger charge is 2.11. The minimum absolute atomic E-state index is 0.257. The van der Waals surface area contributed by atoms with E-state index >= 15 is 0 Å². The van der Waals surface area contributed by atoms with Gasteiger partial charge in [-0.05, 0) is 30.2 Å². The van der Waals surface area contributed by atoms with Crippen LogP contribution < -0.4 is 10.5 Å². The molecule has 0 radical (unpaired) electrons. The molecule has 0 saturated heterocycles. The van der Waals surface area contributed by atoms with Gasteiger partial charge in [-0.1, -0.05) is 25.4 Å². The molecule has 1 aromatic heterocycles. The maximum atomic E-state index is 6.25. The number of halogens is 1. The number of nitrogens with two attached hydrogens (primary N) is 1. The Bertz CT molecular complexity index is 599. The number of nitrogen functional groups attached to an aromatic ring is 1. The molecule has 2 N–H and O–H groups in total. The highest BCUT2D eigenvalue weighted by molar-refractivity contribution is 6.33. The molecule has 19 heavy (non-hydrogen) atoms. The number of hydrogen-bond acceptors (Lipinski definition) is 4. The topological polar surface area (TPSA) is 61.0 Å². The second-order valence-electron chi connectivity index (χ2n) is 4.54. The summed E-state index contributed by atoms with van der Waals surface area (Å²) in [6.45, 7) is 4.11. The van der Waals surface area contributed by atoms with Crippen LogP contribution in [0.3, 0.4) is 0 Å². The maximum absolute atomic E-state index is 6.25. The van der Waals surface area contributed by atoms with Gasteiger partial charge in [0.05, 0.1) is 17.8 Å². The Kier molecular flexibility index (Phi) is 3.90. The molecule has 0 aliphatic rings. The van der Waals surface area contributed by atoms with Crippen LogP contribution in [0.1, 0.15) is 25.5 Å². The van der Waals surface area contributed by atoms with Crippen molar-refractivity contribution in [1.82, 2.24) is 9.97 Å². The van der Waals surface area contributed by atoms with Gasteiger partial charge in [0.25, 0.3) is 0 Å². The third-order valence-corrected chi connectivity index (χ3v) is 3.12. The largest absolute Gasteiger partial charge is 0.497 e. The van der Waals surface area contributed by atoms with Gasteiger partial charge in [-0.25, -0.2) is 9.97 Å². The zero-order valence-electron chi connectivity index (χ0n) is 11.1. The predicted octanol–water partition coefficient (Wildman–Crippen LogP) is 3.51. The molecule has 0 bridgehead atoms. The summed E-state index contributed by atoms with van der Waals surface area (Å²) in [4.78, 5) is 8.47. The number of aromatic nitrogens is 2. The third-order valence-electron chi connectivity index (χ3n) is 2.81. The van der Waals surface area contributed by atoms with E-state index in [4.69, 9.17) is 22.1 Å². The van der Waals surface area contributed by atoms with E-state index in [1.165, 1.54) is 0 Å². The molecular weight excluding hydrogens is 262 g/mol. The van der Waals surface area contributed by atoms with Crippen molar-refractivity contribution >= 4 is 17.5 Å². The molecule has 4 nitrogen and oxygen atoms in total. The van der Waals surface area contributed by atoms with Crippen LogP contribution in [0.4, 0.5) is 5.95 Å². The summed E-state index contributed by atoms with van der Waals surface area (Å²) in [5.41, 5.74) is 8.19. The Labute approximate surface area is 117 Å². The van der Waals surface area contributed by atoms with E-state index in [9.17, 15) is 0 Å². The van der Waals surface area contributed by atoms with E-state index in [1.54, 1.807) is 13.2 Å². The second-order valence-corrected chi connectivity index (χ2v) is 4.94. The highest BCUT2D eigenvalue weighted by atomic mass is 35.5. The Hall–Kier alpha value is -1.81. The fourth-order valence-electron chi connectivity index (χ4n) is 1.75. The molecule has 0 atom stereocenters. The van der Waals surface area contributed by atoms with Crippen LogP contribution in [0.25, 0.3) is 11.3 Å². The lowest BCUT2D eigenvalue weighted by Gasteiger charge is -2.10. The molecule has 1 aromatic carbocycles. The fourth-order valence-corrected chi connectivity index (χ4v) is 2.02. The van der Waals surface area contributed by atoms with E-state index in [0.717, 1.165) is 17.0 Å². The third kappa shape index (κ3) is 2.96. The molecule has 1 heterocycles. The highest BCUT2D eigenvalue weighted by Crippen LogP contribution is 2.31. The van der Waals surface area contributed by atoms with E-state index in [2.05, 4.69) is 23.8 Å². The molecule has 100 valence electrons. The zero-order valence-corrected chi connectivity index (χ0v) is 11.9. The van der Waals surface area contributed by atoms with Crippen LogP contribution in [-0.4, -0.2) is 17.1 Å². The molecule has 0 amide bonds. The van der Waals surface area contributed by atoms with Crippen molar-refractivity contribution in [2.45, 2.75) is 19.8 Å². The van der Waals surface area contributed by atoms with Crippen molar-refractivity contribution in [2.24, 2.45) is 0 Å². The minimum Gasteiger partial charge on any atom is -0.497 e. The quantitative estimate of drug-likeness (QED) is 0.932. The molecule has 0 unspecified atom stereocenters. The lowest BCUT2D eigenvalue weighted by Crippen LogP contribution is -2.02. The first kappa shape index (κ1) is 13.6. The van der Waals surface area contributed by atoms with Gasteiger partial charge < -0.3 is 10.5 Å². The SMILES string of the molecule is COc1ccc(-c2cc(C(C)C)nc(N)n2)c(Cl)c1. The number of rotatable bonds is 3. The monoisotopic (exact) mass is 277 g/mol. The molecule has 0 saturated carbocycles. The van der Waals surface area contributed by atoms with Crippen molar-refractivity contribution in [3.63, 3.8) is 0 Å². The number of benzene rings is 1. The summed E-state index contributed by atoms with van der Waals surface area (Å²) in [6, 6.07) is 7.38. The Balaban J connectivity index is 2.52. The van der Waals surface area contributed by atoms with Gasteiger partial charge in [-0.15, -0.1) is 0 Å². The summed E-state index contributed by atoms with van der Waals surface area (Å²) < 4.78 is 5.13. The van der Waals surface area contributed by atoms with Crippen molar-refractivity contribution < 1.29 is 4.74 Å². The fraction of sp³-hybridized carbons (Fsp3) is 0.286. The first-order valence-electron chi connectivity index (χ1n) is 5.99. The first-order chi connectivity index (χ1) is 9.01. The minimum atomic E-state index is 0.257. The maximum Gasteiger partial charge on any atom is 0.220 e. The van der Waals surface area contributed by atoms with Gasteiger partial charge in [-0.2, -0.15) is 0 Å². The van der Waals surface area contributed by atoms with Gasteiger partial charge in [-0.3, -0.25) is 0 Å². The lowest BCUT2D eigenvalue weighted by molar-refractivity contribution is 0.415. The smallest absolute Gasteiger partial charge is 0.220 e. The van der Waals surface area contributed by atoms with Crippen molar-refractivity contribution in [2.75, 3.05) is 12.8 Å². The summed E-state index contributed by atoms with van der Waals surface area (Å²) in [5, 5.41) is 0.576. The Morgan fingerprint density at radius 2 is 1.95 bits per heavy atom. The average Bonchev–Trinajstić information content (AvgIpc) is 2.37. The van der Waals surface area contributed by atoms with Crippen molar-refractivity contribution in [3.8, 4) is 17.0 Å². The second kappa shape index (κ2) is 5.45. The average molecular weight is 278 g/mol. The number of methoxy groups -OCH3 is 1. The van der Waals surface area contributed by atoms with E-state index in [-0.39, 0.29) is 11.9 Å². The Morgan fingerprint density at radius 1 is 1.21 bits per heavy atom. The van der Waals surface area contributed by atoms with Crippen LogP contribution in [0.15, 0.2) is 24.3 Å². The van der Waals surface area contributed by atoms with Crippen LogP contribution in [0.2, 0.25) is 5.02 Å². The zero-order chi connectivity index (χ0) is 14.0. The normalized spacial score (nSPS) is 10.8. The van der Waals surface area contributed by atoms with Gasteiger partial charge in [0.15, 0.2) is 0 Å². The molecule has 2 rings (SSSR count). The number of ether oxygens (including phenoxy) is 1. The number of nitrogens with zero attached hydrogens (tertiary/aromatic N) is 2. The lowest BCUT2D eigenvalue weighted by atomic mass is 10.1. The predicted molar refractivity (Wildman–Crippen MR) is 77.5 cm³/mol. The van der Waals surface area contributed by atoms with Crippen molar-refractivity contribution in [3.05, 3.63) is 35.0 Å². The van der Waals surface area contributed by atoms with E-state index in [0.29, 0.717) is 10.8 Å². The summed E-state index contributed by atoms with van der Waals surface area (Å²) in [6.07, 6.45) is 0. The van der Waals surface area contributed by atoms with Gasteiger partial charge in [0.2, 0.25) is 5.95 Å². The molecule has 0 aliphatic carbocycles. The van der Waals surface area contributed by atoms with Gasteiger partial charge >= 0.3 is 0 Å². The van der Waals surface area contributed by atoms with Crippen LogP contribution >= 0.6 is 11.6 Å². The summed E-state index contributed by atoms with van der Waals surface area (Å²) in [7, 11) is 1.60. The van der Waals surface area contributed by atoms with Gasteiger partial charge in [0.1, 0.15) is 5.75 Å². The standard InChI is InChI=1S/C14H16ClN3O/c1-8(2)12-7-13(18-14(16)17-12)10-5-4-9(19-3)6-11(10)15/h4-8H,1-3H3,(H2,16,17,18). The van der Waals surface area contributed by atoms with Crippen LogP contribution in [0.5, 0.6) is 5.75 Å². The summed E-state index contributed by atoms with van der Waals surface area (Å²) in [5.74, 6) is 1.24. The molecule has 0 spiro atoms. The molecule has 0 aliphatic heterocycles. The van der Waals surface area contributed by atoms with Crippen LogP contribution in [0, 0.1) is 0 Å². The first-order valence-corrected chi connectivity index (χ1v) is 6.37. The molecule has 2 aromatic rings. The number of anilines is 1. The molecule has 0 fully saturated rings. The van der Waals surface area contributed by atoms with E-state index < -0.39 is 0 Å².